The molecule has 0 heterocycles. The monoisotopic (exact) mass is 206 g/mol. The Hall–Kier alpha value is -1.42. The van der Waals surface area contributed by atoms with Crippen molar-refractivity contribution >= 4 is 5.69 Å². The second kappa shape index (κ2) is 3.62. The lowest BCUT2D eigenvalue weighted by Gasteiger charge is -2.13. The Labute approximate surface area is 88.5 Å². The molecule has 2 rings (SSSR count). The van der Waals surface area contributed by atoms with Gasteiger partial charge in [0.15, 0.2) is 0 Å². The summed E-state index contributed by atoms with van der Waals surface area (Å²) >= 11 is 0. The van der Waals surface area contributed by atoms with Gasteiger partial charge >= 0.3 is 0 Å². The van der Waals surface area contributed by atoms with Crippen molar-refractivity contribution in [1.29, 1.82) is 0 Å². The molecule has 80 valence electrons. The van der Waals surface area contributed by atoms with E-state index in [1.165, 1.54) is 12.8 Å². The van der Waals surface area contributed by atoms with Crippen molar-refractivity contribution in [3.63, 3.8) is 0 Å². The number of nitro groups is 1. The third-order valence-electron chi connectivity index (χ3n) is 3.07. The molecule has 0 spiro atoms. The van der Waals surface area contributed by atoms with Crippen LogP contribution in [0.25, 0.3) is 0 Å². The van der Waals surface area contributed by atoms with E-state index in [1.54, 1.807) is 12.1 Å². The molecule has 1 aliphatic rings. The van der Waals surface area contributed by atoms with Crippen molar-refractivity contribution in [2.75, 3.05) is 7.05 Å². The van der Waals surface area contributed by atoms with Gasteiger partial charge in [-0.2, -0.15) is 0 Å². The molecule has 0 saturated heterocycles. The topological polar surface area (TPSA) is 55.2 Å². The van der Waals surface area contributed by atoms with E-state index < -0.39 is 0 Å². The first-order chi connectivity index (χ1) is 7.15. The summed E-state index contributed by atoms with van der Waals surface area (Å²) in [5, 5.41) is 13.8. The molecule has 4 heteroatoms. The average molecular weight is 206 g/mol. The lowest BCUT2D eigenvalue weighted by atomic mass is 10.0. The van der Waals surface area contributed by atoms with E-state index in [1.807, 2.05) is 19.2 Å². The number of non-ortho nitro benzene ring substituents is 1. The molecule has 1 N–H and O–H groups in total. The minimum Gasteiger partial charge on any atom is -0.314 e. The van der Waals surface area contributed by atoms with Crippen LogP contribution in [0.2, 0.25) is 0 Å². The van der Waals surface area contributed by atoms with Crippen LogP contribution in [0.5, 0.6) is 0 Å². The normalized spacial score (nSPS) is 17.4. The molecule has 0 aromatic heterocycles. The summed E-state index contributed by atoms with van der Waals surface area (Å²) in [4.78, 5) is 10.1. The molecule has 15 heavy (non-hydrogen) atoms. The first-order valence-electron chi connectivity index (χ1n) is 5.07. The van der Waals surface area contributed by atoms with Crippen LogP contribution < -0.4 is 5.32 Å². The molecule has 0 amide bonds. The van der Waals surface area contributed by atoms with Gasteiger partial charge in [-0.05, 0) is 31.9 Å². The van der Waals surface area contributed by atoms with E-state index in [0.29, 0.717) is 0 Å². The number of benzene rings is 1. The Morgan fingerprint density at radius 3 is 2.40 bits per heavy atom. The van der Waals surface area contributed by atoms with Crippen LogP contribution in [0.1, 0.15) is 18.4 Å². The van der Waals surface area contributed by atoms with E-state index in [4.69, 9.17) is 0 Å². The van der Waals surface area contributed by atoms with E-state index in [2.05, 4.69) is 5.32 Å². The first-order valence-corrected chi connectivity index (χ1v) is 5.07. The van der Waals surface area contributed by atoms with Gasteiger partial charge in [-0.3, -0.25) is 10.1 Å². The van der Waals surface area contributed by atoms with Crippen LogP contribution >= 0.6 is 0 Å². The van der Waals surface area contributed by atoms with Gasteiger partial charge in [0.1, 0.15) is 0 Å². The zero-order valence-electron chi connectivity index (χ0n) is 8.69. The predicted molar refractivity (Wildman–Crippen MR) is 57.8 cm³/mol. The fraction of sp³-hybridized carbons (Fsp3) is 0.455. The van der Waals surface area contributed by atoms with Gasteiger partial charge in [0, 0.05) is 17.7 Å². The lowest BCUT2D eigenvalue weighted by molar-refractivity contribution is -0.384. The van der Waals surface area contributed by atoms with E-state index in [-0.39, 0.29) is 16.1 Å². The fourth-order valence-electron chi connectivity index (χ4n) is 1.79. The van der Waals surface area contributed by atoms with Gasteiger partial charge < -0.3 is 5.32 Å². The molecule has 0 radical (unpaired) electrons. The third kappa shape index (κ3) is 2.15. The summed E-state index contributed by atoms with van der Waals surface area (Å²) < 4.78 is 0. The van der Waals surface area contributed by atoms with Crippen molar-refractivity contribution < 1.29 is 4.92 Å². The Morgan fingerprint density at radius 1 is 1.40 bits per heavy atom. The number of likely N-dealkylation sites (N-methyl/N-ethyl adjacent to an activating group) is 1. The fourth-order valence-corrected chi connectivity index (χ4v) is 1.79. The molecular formula is C11H14N2O2. The summed E-state index contributed by atoms with van der Waals surface area (Å²) in [7, 11) is 1.97. The number of hydrogen-bond donors (Lipinski definition) is 1. The number of nitro benzene ring substituents is 1. The van der Waals surface area contributed by atoms with Crippen molar-refractivity contribution in [2.45, 2.75) is 24.8 Å². The molecule has 0 aliphatic heterocycles. The molecule has 1 fully saturated rings. The molecule has 4 nitrogen and oxygen atoms in total. The van der Waals surface area contributed by atoms with Gasteiger partial charge in [0.05, 0.1) is 4.92 Å². The summed E-state index contributed by atoms with van der Waals surface area (Å²) in [5.74, 6) is 0. The number of nitrogens with one attached hydrogen (secondary N) is 1. The summed E-state index contributed by atoms with van der Waals surface area (Å²) in [6.45, 7) is 0. The highest BCUT2D eigenvalue weighted by atomic mass is 16.6. The quantitative estimate of drug-likeness (QED) is 0.604. The van der Waals surface area contributed by atoms with Gasteiger partial charge in [0.25, 0.3) is 5.69 Å². The highest BCUT2D eigenvalue weighted by molar-refractivity contribution is 5.34. The van der Waals surface area contributed by atoms with Crippen molar-refractivity contribution in [1.82, 2.24) is 5.32 Å². The molecule has 1 saturated carbocycles. The number of nitrogens with zero attached hydrogens (tertiary/aromatic N) is 1. The van der Waals surface area contributed by atoms with Gasteiger partial charge in [0.2, 0.25) is 0 Å². The molecule has 1 aromatic carbocycles. The van der Waals surface area contributed by atoms with Crippen molar-refractivity contribution in [2.24, 2.45) is 0 Å². The maximum atomic E-state index is 10.5. The average Bonchev–Trinajstić information content (AvgIpc) is 2.99. The zero-order chi connectivity index (χ0) is 10.9. The summed E-state index contributed by atoms with van der Waals surface area (Å²) in [5.41, 5.74) is 1.58. The van der Waals surface area contributed by atoms with E-state index >= 15 is 0 Å². The zero-order valence-corrected chi connectivity index (χ0v) is 8.69. The minimum absolute atomic E-state index is 0.160. The summed E-state index contributed by atoms with van der Waals surface area (Å²) in [6.07, 6.45) is 3.35. The largest absolute Gasteiger partial charge is 0.314 e. The highest BCUT2D eigenvalue weighted by Crippen LogP contribution is 2.38. The maximum Gasteiger partial charge on any atom is 0.269 e. The first kappa shape index (κ1) is 10.1. The smallest absolute Gasteiger partial charge is 0.269 e. The SMILES string of the molecule is CNC1(Cc2ccc([N+](=O)[O-])cc2)CC1. The van der Waals surface area contributed by atoms with Crippen LogP contribution in [-0.4, -0.2) is 17.5 Å². The van der Waals surface area contributed by atoms with Gasteiger partial charge in [-0.1, -0.05) is 12.1 Å². The molecule has 1 aliphatic carbocycles. The maximum absolute atomic E-state index is 10.5. The minimum atomic E-state index is -0.366. The lowest BCUT2D eigenvalue weighted by Crippen LogP contribution is -2.29. The van der Waals surface area contributed by atoms with Crippen LogP contribution in [0.15, 0.2) is 24.3 Å². The molecule has 0 atom stereocenters. The van der Waals surface area contributed by atoms with E-state index in [0.717, 1.165) is 12.0 Å². The highest BCUT2D eigenvalue weighted by Gasteiger charge is 2.40. The Morgan fingerprint density at radius 2 is 2.00 bits per heavy atom. The number of rotatable bonds is 4. The van der Waals surface area contributed by atoms with Crippen LogP contribution in [0.4, 0.5) is 5.69 Å². The van der Waals surface area contributed by atoms with Crippen LogP contribution in [0, 0.1) is 10.1 Å². The van der Waals surface area contributed by atoms with Gasteiger partial charge in [-0.25, -0.2) is 0 Å². The molecular weight excluding hydrogens is 192 g/mol. The second-order valence-electron chi connectivity index (χ2n) is 4.13. The number of hydrogen-bond acceptors (Lipinski definition) is 3. The Balaban J connectivity index is 2.07. The third-order valence-corrected chi connectivity index (χ3v) is 3.07. The van der Waals surface area contributed by atoms with Crippen LogP contribution in [0.3, 0.4) is 0 Å². The Kier molecular flexibility index (Phi) is 2.44. The van der Waals surface area contributed by atoms with Crippen molar-refractivity contribution in [3.05, 3.63) is 39.9 Å². The van der Waals surface area contributed by atoms with Gasteiger partial charge in [-0.15, -0.1) is 0 Å². The van der Waals surface area contributed by atoms with Crippen molar-refractivity contribution in [3.8, 4) is 0 Å². The van der Waals surface area contributed by atoms with Crippen LogP contribution in [-0.2, 0) is 6.42 Å². The van der Waals surface area contributed by atoms with E-state index in [9.17, 15) is 10.1 Å². The predicted octanol–water partition coefficient (Wildman–Crippen LogP) is 1.89. The summed E-state index contributed by atoms with van der Waals surface area (Å²) in [6, 6.07) is 6.83. The molecule has 0 bridgehead atoms. The Bertz CT molecular complexity index is 369. The standard InChI is InChI=1S/C11H14N2O2/c1-12-11(6-7-11)8-9-2-4-10(5-3-9)13(14)15/h2-5,12H,6-8H2,1H3. The molecule has 1 aromatic rings. The second-order valence-corrected chi connectivity index (χ2v) is 4.13. The molecule has 0 unspecified atom stereocenters.